The van der Waals surface area contributed by atoms with Gasteiger partial charge in [-0.15, -0.1) is 0 Å². The number of hydroxylamine groups is 1. The van der Waals surface area contributed by atoms with Crippen molar-refractivity contribution in [3.05, 3.63) is 59.7 Å². The standard InChI is InChI=1S/C24H25N3O6/c25-13-7-1-2-12-21(23(30)27-33-15-22(28)29)26-24(31)32-14-20-18-10-5-3-8-16(18)17-9-4-6-11-19(17)20/h3-6,8-11,20-21H,1-2,7,12,14-15H2,(H,26,31)(H,27,30)(H,28,29). The maximum atomic E-state index is 12.5. The summed E-state index contributed by atoms with van der Waals surface area (Å²) in [6.07, 6.45) is 0.871. The van der Waals surface area contributed by atoms with Gasteiger partial charge in [0.1, 0.15) is 12.6 Å². The van der Waals surface area contributed by atoms with Gasteiger partial charge in [-0.05, 0) is 41.5 Å². The molecule has 0 aliphatic heterocycles. The number of aliphatic carboxylic acids is 1. The number of carboxylic acids is 1. The van der Waals surface area contributed by atoms with Crippen molar-refractivity contribution < 1.29 is 29.1 Å². The molecule has 9 heteroatoms. The number of ether oxygens (including phenoxy) is 1. The first-order valence-electron chi connectivity index (χ1n) is 10.6. The first-order chi connectivity index (χ1) is 16.0. The summed E-state index contributed by atoms with van der Waals surface area (Å²) in [5, 5.41) is 19.8. The Bertz CT molecular complexity index is 1000. The number of carbonyl (C=O) groups excluding carboxylic acids is 2. The summed E-state index contributed by atoms with van der Waals surface area (Å²) < 4.78 is 5.47. The van der Waals surface area contributed by atoms with Gasteiger partial charge in [0, 0.05) is 12.3 Å². The Hall–Kier alpha value is -3.90. The summed E-state index contributed by atoms with van der Waals surface area (Å²) >= 11 is 0. The first-order valence-corrected chi connectivity index (χ1v) is 10.6. The van der Waals surface area contributed by atoms with Crippen LogP contribution in [0.5, 0.6) is 0 Å². The smallest absolute Gasteiger partial charge is 0.407 e. The third-order valence-electron chi connectivity index (χ3n) is 5.35. The van der Waals surface area contributed by atoms with Crippen LogP contribution in [0.2, 0.25) is 0 Å². The third-order valence-corrected chi connectivity index (χ3v) is 5.35. The molecule has 0 radical (unpaired) electrons. The van der Waals surface area contributed by atoms with Crippen molar-refractivity contribution in [2.45, 2.75) is 37.6 Å². The normalized spacial score (nSPS) is 12.7. The van der Waals surface area contributed by atoms with E-state index in [-0.39, 0.29) is 18.9 Å². The van der Waals surface area contributed by atoms with E-state index in [4.69, 9.17) is 15.1 Å². The van der Waals surface area contributed by atoms with E-state index in [1.807, 2.05) is 60.1 Å². The van der Waals surface area contributed by atoms with Crippen LogP contribution in [0, 0.1) is 11.3 Å². The number of fused-ring (bicyclic) bond motifs is 3. The molecule has 3 rings (SSSR count). The molecule has 33 heavy (non-hydrogen) atoms. The highest BCUT2D eigenvalue weighted by Crippen LogP contribution is 2.44. The predicted octanol–water partition coefficient (Wildman–Crippen LogP) is 3.11. The van der Waals surface area contributed by atoms with Crippen LogP contribution in [0.15, 0.2) is 48.5 Å². The number of unbranched alkanes of at least 4 members (excludes halogenated alkanes) is 2. The molecule has 0 heterocycles. The minimum atomic E-state index is -1.25. The second-order valence-electron chi connectivity index (χ2n) is 7.58. The minimum absolute atomic E-state index is 0.0954. The largest absolute Gasteiger partial charge is 0.479 e. The Kier molecular flexibility index (Phi) is 8.38. The van der Waals surface area contributed by atoms with E-state index in [2.05, 4.69) is 10.2 Å². The fourth-order valence-electron chi connectivity index (χ4n) is 3.84. The highest BCUT2D eigenvalue weighted by Gasteiger charge is 2.29. The van der Waals surface area contributed by atoms with E-state index >= 15 is 0 Å². The number of carbonyl (C=O) groups is 3. The molecule has 0 fully saturated rings. The zero-order chi connectivity index (χ0) is 23.6. The molecule has 1 atom stereocenters. The van der Waals surface area contributed by atoms with E-state index in [1.54, 1.807) is 0 Å². The van der Waals surface area contributed by atoms with E-state index in [1.165, 1.54) is 0 Å². The Morgan fingerprint density at radius 1 is 1.03 bits per heavy atom. The number of rotatable bonds is 11. The van der Waals surface area contributed by atoms with Crippen LogP contribution in [0.1, 0.15) is 42.7 Å². The van der Waals surface area contributed by atoms with Gasteiger partial charge in [0.15, 0.2) is 6.61 Å². The SMILES string of the molecule is N#CCCCCC(NC(=O)OCC1c2ccccc2-c2ccccc21)C(=O)NOCC(=O)O. The van der Waals surface area contributed by atoms with Crippen LogP contribution in [-0.4, -0.2) is 42.3 Å². The van der Waals surface area contributed by atoms with Gasteiger partial charge in [-0.1, -0.05) is 48.5 Å². The van der Waals surface area contributed by atoms with Crippen molar-refractivity contribution in [3.63, 3.8) is 0 Å². The van der Waals surface area contributed by atoms with Gasteiger partial charge in [0.05, 0.1) is 6.07 Å². The van der Waals surface area contributed by atoms with E-state index in [0.29, 0.717) is 19.3 Å². The summed E-state index contributed by atoms with van der Waals surface area (Å²) in [6.45, 7) is -0.615. The molecule has 0 bridgehead atoms. The van der Waals surface area contributed by atoms with Gasteiger partial charge < -0.3 is 15.2 Å². The molecule has 1 aliphatic rings. The lowest BCUT2D eigenvalue weighted by Crippen LogP contribution is -2.47. The predicted molar refractivity (Wildman–Crippen MR) is 118 cm³/mol. The van der Waals surface area contributed by atoms with Crippen LogP contribution in [-0.2, 0) is 19.2 Å². The van der Waals surface area contributed by atoms with Crippen LogP contribution < -0.4 is 10.8 Å². The lowest BCUT2D eigenvalue weighted by molar-refractivity contribution is -0.150. The Morgan fingerprint density at radius 2 is 1.67 bits per heavy atom. The topological polar surface area (TPSA) is 138 Å². The van der Waals surface area contributed by atoms with Gasteiger partial charge in [-0.25, -0.2) is 15.1 Å². The molecule has 0 saturated carbocycles. The van der Waals surface area contributed by atoms with Gasteiger partial charge in [0.25, 0.3) is 5.91 Å². The summed E-state index contributed by atoms with van der Waals surface area (Å²) in [6, 6.07) is 16.9. The molecular formula is C24H25N3O6. The molecule has 1 unspecified atom stereocenters. The average Bonchev–Trinajstić information content (AvgIpc) is 3.13. The number of amides is 2. The maximum absolute atomic E-state index is 12.5. The number of alkyl carbamates (subject to hydrolysis) is 1. The van der Waals surface area contributed by atoms with Crippen LogP contribution >= 0.6 is 0 Å². The van der Waals surface area contributed by atoms with E-state index in [9.17, 15) is 14.4 Å². The third kappa shape index (κ3) is 6.30. The average molecular weight is 451 g/mol. The molecule has 2 aromatic carbocycles. The molecular weight excluding hydrogens is 426 g/mol. The summed E-state index contributed by atoms with van der Waals surface area (Å²) in [5.74, 6) is -2.06. The fourth-order valence-corrected chi connectivity index (χ4v) is 3.84. The second-order valence-corrected chi connectivity index (χ2v) is 7.58. The first kappa shape index (κ1) is 23.8. The summed E-state index contributed by atoms with van der Waals surface area (Å²) in [7, 11) is 0. The minimum Gasteiger partial charge on any atom is -0.479 e. The van der Waals surface area contributed by atoms with Gasteiger partial charge in [-0.2, -0.15) is 5.26 Å². The Morgan fingerprint density at radius 3 is 2.27 bits per heavy atom. The molecule has 9 nitrogen and oxygen atoms in total. The molecule has 172 valence electrons. The number of hydrogen-bond acceptors (Lipinski definition) is 6. The molecule has 2 amide bonds. The van der Waals surface area contributed by atoms with Crippen LogP contribution in [0.3, 0.4) is 0 Å². The van der Waals surface area contributed by atoms with Crippen molar-refractivity contribution in [3.8, 4) is 17.2 Å². The summed E-state index contributed by atoms with van der Waals surface area (Å²) in [4.78, 5) is 40.0. The summed E-state index contributed by atoms with van der Waals surface area (Å²) in [5.41, 5.74) is 6.37. The van der Waals surface area contributed by atoms with E-state index in [0.717, 1.165) is 22.3 Å². The van der Waals surface area contributed by atoms with Crippen LogP contribution in [0.25, 0.3) is 11.1 Å². The molecule has 0 aromatic heterocycles. The van der Waals surface area contributed by atoms with Gasteiger partial charge >= 0.3 is 12.1 Å². The Balaban J connectivity index is 1.60. The van der Waals surface area contributed by atoms with Gasteiger partial charge in [-0.3, -0.25) is 9.63 Å². The van der Waals surface area contributed by atoms with Crippen molar-refractivity contribution in [1.29, 1.82) is 5.26 Å². The number of nitriles is 1. The lowest BCUT2D eigenvalue weighted by Gasteiger charge is -2.19. The molecule has 2 aromatic rings. The zero-order valence-corrected chi connectivity index (χ0v) is 18.0. The molecule has 0 saturated heterocycles. The van der Waals surface area contributed by atoms with Crippen molar-refractivity contribution in [2.75, 3.05) is 13.2 Å². The zero-order valence-electron chi connectivity index (χ0n) is 18.0. The fraction of sp³-hybridized carbons (Fsp3) is 0.333. The maximum Gasteiger partial charge on any atom is 0.407 e. The number of carboxylic acid groups (broad SMARTS) is 1. The number of benzene rings is 2. The lowest BCUT2D eigenvalue weighted by atomic mass is 9.98. The van der Waals surface area contributed by atoms with Crippen molar-refractivity contribution in [2.24, 2.45) is 0 Å². The van der Waals surface area contributed by atoms with Crippen molar-refractivity contribution >= 4 is 18.0 Å². The molecule has 3 N–H and O–H groups in total. The number of nitrogens with zero attached hydrogens (tertiary/aromatic N) is 1. The second kappa shape index (κ2) is 11.6. The quantitative estimate of drug-likeness (QED) is 0.352. The highest BCUT2D eigenvalue weighted by molar-refractivity contribution is 5.85. The highest BCUT2D eigenvalue weighted by atomic mass is 16.7. The van der Waals surface area contributed by atoms with Crippen LogP contribution in [0.4, 0.5) is 4.79 Å². The molecule has 0 spiro atoms. The Labute approximate surface area is 191 Å². The van der Waals surface area contributed by atoms with E-state index < -0.39 is 30.6 Å². The van der Waals surface area contributed by atoms with Crippen molar-refractivity contribution in [1.82, 2.24) is 10.8 Å². The monoisotopic (exact) mass is 451 g/mol. The molecule has 1 aliphatic carbocycles. The number of nitrogens with one attached hydrogen (secondary N) is 2. The number of hydrogen-bond donors (Lipinski definition) is 3. The van der Waals surface area contributed by atoms with Gasteiger partial charge in [0.2, 0.25) is 0 Å².